The summed E-state index contributed by atoms with van der Waals surface area (Å²) in [5, 5.41) is 25.3. The zero-order chi connectivity index (χ0) is 20.4. The molecule has 1 heterocycles. The van der Waals surface area contributed by atoms with Crippen LogP contribution in [0.1, 0.15) is 62.8 Å². The van der Waals surface area contributed by atoms with Crippen molar-refractivity contribution in [1.82, 2.24) is 10.2 Å². The molecule has 1 saturated heterocycles. The number of amides is 1. The maximum atomic E-state index is 13.1. The van der Waals surface area contributed by atoms with Crippen LogP contribution in [0.5, 0.6) is 0 Å². The molecule has 1 saturated carbocycles. The molecule has 9 heteroatoms. The predicted octanol–water partition coefficient (Wildman–Crippen LogP) is -7.20. The fourth-order valence-electron chi connectivity index (χ4n) is 3.97. The average Bonchev–Trinajstić information content (AvgIpc) is 2.96. The van der Waals surface area contributed by atoms with Gasteiger partial charge in [-0.2, -0.15) is 0 Å². The molecule has 136 valence electrons. The number of aliphatic carboxylic acids is 2. The molecule has 2 fully saturated rings. The molecule has 0 bridgehead atoms. The third-order valence-electron chi connectivity index (χ3n) is 5.09. The summed E-state index contributed by atoms with van der Waals surface area (Å²) >= 11 is 0. The molecule has 0 spiro atoms. The second-order valence-electron chi connectivity index (χ2n) is 6.69. The van der Waals surface area contributed by atoms with Crippen molar-refractivity contribution >= 4 is 17.8 Å². The van der Waals surface area contributed by atoms with E-state index >= 15 is 0 Å². The van der Waals surface area contributed by atoms with Crippen molar-refractivity contribution in [2.75, 3.05) is 0 Å². The summed E-state index contributed by atoms with van der Waals surface area (Å²) in [5.74, 6) is -3.81. The quantitative estimate of drug-likeness (QED) is 0.435. The molecule has 0 radical (unpaired) electrons. The Bertz CT molecular complexity index is 594. The van der Waals surface area contributed by atoms with E-state index in [0.29, 0.717) is 12.8 Å². The zero-order valence-corrected chi connectivity index (χ0v) is 19.8. The van der Waals surface area contributed by atoms with E-state index in [1.165, 1.54) is 0 Å². The largest absolute Gasteiger partial charge is 1.00 e. The first-order chi connectivity index (χ1) is 12.6. The van der Waals surface area contributed by atoms with Gasteiger partial charge >= 0.3 is 59.1 Å². The minimum absolute atomic E-state index is 0. The van der Waals surface area contributed by atoms with Gasteiger partial charge in [0.2, 0.25) is 5.91 Å². The third-order valence-corrected chi connectivity index (χ3v) is 5.09. The second-order valence-corrected chi connectivity index (χ2v) is 6.69. The van der Waals surface area contributed by atoms with Crippen molar-refractivity contribution in [3.05, 3.63) is 0 Å². The number of carbonyl (C=O) groups excluding carboxylic acids is 3. The Hall–Kier alpha value is 0.370. The summed E-state index contributed by atoms with van der Waals surface area (Å²) < 4.78 is 23.1. The monoisotopic (exact) mass is 387 g/mol. The molecule has 0 aromatic rings. The van der Waals surface area contributed by atoms with Gasteiger partial charge in [-0.05, 0) is 38.5 Å². The predicted molar refractivity (Wildman–Crippen MR) is 82.3 cm³/mol. The molecule has 0 aromatic carbocycles. The van der Waals surface area contributed by atoms with Crippen LogP contribution in [0.3, 0.4) is 0 Å². The number of hydrogen-bond donors (Lipinski definition) is 1. The van der Waals surface area contributed by atoms with Gasteiger partial charge in [-0.25, -0.2) is 0 Å². The number of nitrogens with one attached hydrogen (secondary N) is 1. The summed E-state index contributed by atoms with van der Waals surface area (Å²) in [6.07, 6.45) is 3.93. The van der Waals surface area contributed by atoms with Crippen LogP contribution >= 0.6 is 0 Å². The molecule has 26 heavy (non-hydrogen) atoms. The van der Waals surface area contributed by atoms with Gasteiger partial charge in [0.05, 0.1) is 24.0 Å². The van der Waals surface area contributed by atoms with Gasteiger partial charge in [0.1, 0.15) is 0 Å². The van der Waals surface area contributed by atoms with Crippen LogP contribution in [0.2, 0.25) is 0 Å². The van der Waals surface area contributed by atoms with E-state index in [1.807, 2.05) is 0 Å². The van der Waals surface area contributed by atoms with Gasteiger partial charge < -0.3 is 24.7 Å². The van der Waals surface area contributed by atoms with Gasteiger partial charge in [0.25, 0.3) is 0 Å². The zero-order valence-electron chi connectivity index (χ0n) is 18.8. The molecular formula is C17H26N2Na2O5. The van der Waals surface area contributed by atoms with Crippen molar-refractivity contribution < 1.29 is 87.8 Å². The van der Waals surface area contributed by atoms with E-state index in [0.717, 1.165) is 24.2 Å². The number of nitrogens with zero attached hydrogens (tertiary/aromatic N) is 1. The van der Waals surface area contributed by atoms with Crippen LogP contribution in [-0.4, -0.2) is 46.9 Å². The fourth-order valence-corrected chi connectivity index (χ4v) is 3.97. The normalized spacial score (nSPS) is 28.9. The summed E-state index contributed by atoms with van der Waals surface area (Å²) in [7, 11) is 0. The molecule has 2 aliphatic rings. The van der Waals surface area contributed by atoms with Crippen LogP contribution in [0.25, 0.3) is 0 Å². The molecule has 2 rings (SSSR count). The molecule has 1 aliphatic heterocycles. The van der Waals surface area contributed by atoms with E-state index in [1.54, 1.807) is 6.92 Å². The summed E-state index contributed by atoms with van der Waals surface area (Å²) in [6.45, 7) is -1.11. The van der Waals surface area contributed by atoms with Gasteiger partial charge in [0.15, 0.2) is 0 Å². The summed E-state index contributed by atoms with van der Waals surface area (Å²) in [6, 6.07) is -4.66. The standard InChI is InChI=1S/C17H28N2O5.2Na/c1-3-6-12(16(21)22)18-10(2)15(20)19-13-8-5-4-7-11(13)9-14(19)17(23)24;;/h10-14,18H,3-9H2,1-2H3,(H,21,22)(H,23,24);;/q;2*+1/p-2/t10-,11-,12-,13-,14-;;/m0../s1/i2D3;;. The molecule has 7 nitrogen and oxygen atoms in total. The van der Waals surface area contributed by atoms with Crippen LogP contribution in [-0.2, 0) is 14.4 Å². The Kier molecular flexibility index (Phi) is 9.77. The van der Waals surface area contributed by atoms with E-state index in [9.17, 15) is 24.6 Å². The van der Waals surface area contributed by atoms with Crippen molar-refractivity contribution in [2.24, 2.45) is 5.92 Å². The number of likely N-dealkylation sites (tertiary alicyclic amines) is 1. The van der Waals surface area contributed by atoms with Crippen LogP contribution in [0, 0.1) is 5.92 Å². The van der Waals surface area contributed by atoms with E-state index in [-0.39, 0.29) is 83.9 Å². The molecule has 0 aromatic heterocycles. The van der Waals surface area contributed by atoms with Crippen LogP contribution < -0.4 is 74.6 Å². The Morgan fingerprint density at radius 3 is 2.42 bits per heavy atom. The molecule has 1 aliphatic carbocycles. The van der Waals surface area contributed by atoms with E-state index in [2.05, 4.69) is 5.32 Å². The van der Waals surface area contributed by atoms with E-state index in [4.69, 9.17) is 4.11 Å². The number of carbonyl (C=O) groups is 3. The van der Waals surface area contributed by atoms with E-state index < -0.39 is 42.8 Å². The fraction of sp³-hybridized carbons (Fsp3) is 0.824. The molecular weight excluding hydrogens is 358 g/mol. The SMILES string of the molecule is [2H]C([2H])([2H])[C@H](N[C@@H](CCC)C(=O)[O-])C(=O)N1[C@H](C(=O)[O-])C[C@@H]2CCCC[C@@H]21.[Na+].[Na+]. The minimum atomic E-state index is -2.83. The molecule has 1 N–H and O–H groups in total. The van der Waals surface area contributed by atoms with Gasteiger partial charge in [-0.15, -0.1) is 0 Å². The molecule has 0 unspecified atom stereocenters. The van der Waals surface area contributed by atoms with Crippen LogP contribution in [0.15, 0.2) is 0 Å². The average molecular weight is 387 g/mol. The first-order valence-electron chi connectivity index (χ1n) is 10.1. The molecule has 5 atom stereocenters. The smallest absolute Gasteiger partial charge is 0.548 e. The first-order valence-corrected chi connectivity index (χ1v) is 8.57. The third kappa shape index (κ3) is 6.19. The van der Waals surface area contributed by atoms with Gasteiger partial charge in [-0.3, -0.25) is 10.1 Å². The van der Waals surface area contributed by atoms with Crippen molar-refractivity contribution in [3.8, 4) is 0 Å². The Morgan fingerprint density at radius 1 is 1.23 bits per heavy atom. The number of carboxylic acids is 2. The Labute approximate surface area is 203 Å². The van der Waals surface area contributed by atoms with Crippen molar-refractivity contribution in [1.29, 1.82) is 0 Å². The Morgan fingerprint density at radius 2 is 1.88 bits per heavy atom. The maximum Gasteiger partial charge on any atom is 1.00 e. The first kappa shape index (κ1) is 21.1. The minimum Gasteiger partial charge on any atom is -0.548 e. The number of rotatable bonds is 7. The second kappa shape index (κ2) is 12.0. The van der Waals surface area contributed by atoms with Crippen molar-refractivity contribution in [3.63, 3.8) is 0 Å². The number of fused-ring (bicyclic) bond motifs is 1. The number of carboxylic acid groups (broad SMARTS) is 2. The van der Waals surface area contributed by atoms with Gasteiger partial charge in [-0.1, -0.05) is 26.2 Å². The van der Waals surface area contributed by atoms with Gasteiger partial charge in [0, 0.05) is 16.2 Å². The molecule has 1 amide bonds. The Balaban J connectivity index is 0.00000392. The summed E-state index contributed by atoms with van der Waals surface area (Å²) in [4.78, 5) is 37.2. The number of hydrogen-bond acceptors (Lipinski definition) is 6. The topological polar surface area (TPSA) is 113 Å². The maximum absolute atomic E-state index is 13.1. The van der Waals surface area contributed by atoms with Crippen LogP contribution in [0.4, 0.5) is 0 Å². The van der Waals surface area contributed by atoms with Crippen molar-refractivity contribution in [2.45, 2.75) is 82.9 Å². The summed E-state index contributed by atoms with van der Waals surface area (Å²) in [5.41, 5.74) is 0.